The van der Waals surface area contributed by atoms with Crippen molar-refractivity contribution >= 4 is 22.9 Å². The molecular formula is C15H23ClN2O2S. The Morgan fingerprint density at radius 2 is 2.00 bits per heavy atom. The smallest absolute Gasteiger partial charge is 0.113 e. The van der Waals surface area contributed by atoms with E-state index in [-0.39, 0.29) is 5.41 Å². The van der Waals surface area contributed by atoms with Gasteiger partial charge in [0, 0.05) is 38.0 Å². The number of nitrogens with zero attached hydrogens (tertiary/aromatic N) is 2. The Morgan fingerprint density at radius 1 is 1.33 bits per heavy atom. The molecule has 0 spiro atoms. The molecule has 0 amide bonds. The molecule has 0 aliphatic carbocycles. The number of thiazole rings is 1. The van der Waals surface area contributed by atoms with Gasteiger partial charge in [-0.3, -0.25) is 0 Å². The summed E-state index contributed by atoms with van der Waals surface area (Å²) in [5.41, 5.74) is -0.427. The molecule has 0 atom stereocenters. The number of rotatable bonds is 3. The molecule has 2 saturated heterocycles. The van der Waals surface area contributed by atoms with Gasteiger partial charge in [-0.05, 0) is 25.9 Å². The molecule has 2 aliphatic rings. The van der Waals surface area contributed by atoms with Gasteiger partial charge in [-0.2, -0.15) is 0 Å². The third-order valence-corrected chi connectivity index (χ3v) is 6.32. The minimum absolute atomic E-state index is 0.132. The highest BCUT2D eigenvalue weighted by molar-refractivity contribution is 7.15. The van der Waals surface area contributed by atoms with Crippen molar-refractivity contribution in [1.29, 1.82) is 0 Å². The Morgan fingerprint density at radius 3 is 2.57 bits per heavy atom. The first kappa shape index (κ1) is 15.7. The van der Waals surface area contributed by atoms with Crippen LogP contribution in [0.4, 0.5) is 0 Å². The molecule has 0 aromatic carbocycles. The molecule has 21 heavy (non-hydrogen) atoms. The maximum atomic E-state index is 10.6. The van der Waals surface area contributed by atoms with Crippen LogP contribution >= 0.6 is 22.9 Å². The minimum Gasteiger partial charge on any atom is -0.388 e. The Labute approximate surface area is 135 Å². The van der Waals surface area contributed by atoms with Gasteiger partial charge in [0.05, 0.1) is 16.8 Å². The maximum absolute atomic E-state index is 10.6. The number of likely N-dealkylation sites (tertiary alicyclic amines) is 1. The van der Waals surface area contributed by atoms with Crippen molar-refractivity contribution in [1.82, 2.24) is 9.88 Å². The first-order valence-electron chi connectivity index (χ1n) is 7.64. The van der Waals surface area contributed by atoms with Gasteiger partial charge in [-0.15, -0.1) is 11.3 Å². The van der Waals surface area contributed by atoms with Crippen molar-refractivity contribution < 1.29 is 9.84 Å². The van der Waals surface area contributed by atoms with Crippen LogP contribution in [0.2, 0.25) is 4.34 Å². The minimum atomic E-state index is -0.559. The molecule has 0 unspecified atom stereocenters. The maximum Gasteiger partial charge on any atom is 0.113 e. The van der Waals surface area contributed by atoms with E-state index in [0.717, 1.165) is 54.7 Å². The normalized spacial score (nSPS) is 25.9. The van der Waals surface area contributed by atoms with Crippen LogP contribution in [0.3, 0.4) is 0 Å². The molecule has 2 aliphatic heterocycles. The SMILES string of the molecule is CC1(c2ncc(Cl)s2)CCN(CC2(O)CCOCC2)CC1. The first-order chi connectivity index (χ1) is 9.99. The second-order valence-electron chi connectivity index (χ2n) is 6.64. The molecule has 0 saturated carbocycles. The van der Waals surface area contributed by atoms with Crippen LogP contribution in [-0.2, 0) is 10.2 Å². The van der Waals surface area contributed by atoms with Crippen LogP contribution in [0.5, 0.6) is 0 Å². The van der Waals surface area contributed by atoms with Crippen LogP contribution in [0.1, 0.15) is 37.6 Å². The van der Waals surface area contributed by atoms with Crippen molar-refractivity contribution in [2.24, 2.45) is 0 Å². The number of halogens is 1. The van der Waals surface area contributed by atoms with Crippen molar-refractivity contribution in [3.8, 4) is 0 Å². The van der Waals surface area contributed by atoms with Crippen molar-refractivity contribution in [2.45, 2.75) is 43.6 Å². The highest BCUT2D eigenvalue weighted by Gasteiger charge is 2.38. The number of aromatic nitrogens is 1. The van der Waals surface area contributed by atoms with E-state index in [1.54, 1.807) is 17.5 Å². The molecule has 118 valence electrons. The van der Waals surface area contributed by atoms with E-state index < -0.39 is 5.60 Å². The summed E-state index contributed by atoms with van der Waals surface area (Å²) in [4.78, 5) is 6.86. The van der Waals surface area contributed by atoms with E-state index in [1.165, 1.54) is 0 Å². The molecule has 0 bridgehead atoms. The predicted octanol–water partition coefficient (Wildman–Crippen LogP) is 2.69. The summed E-state index contributed by atoms with van der Waals surface area (Å²) in [5.74, 6) is 0. The Balaban J connectivity index is 1.57. The molecule has 4 nitrogen and oxygen atoms in total. The second kappa shape index (κ2) is 6.13. The second-order valence-corrected chi connectivity index (χ2v) is 8.31. The van der Waals surface area contributed by atoms with Crippen molar-refractivity contribution in [2.75, 3.05) is 32.8 Å². The van der Waals surface area contributed by atoms with Gasteiger partial charge >= 0.3 is 0 Å². The summed E-state index contributed by atoms with van der Waals surface area (Å²) in [7, 11) is 0. The largest absolute Gasteiger partial charge is 0.388 e. The van der Waals surface area contributed by atoms with Gasteiger partial charge in [0.15, 0.2) is 0 Å². The van der Waals surface area contributed by atoms with Crippen LogP contribution in [0.15, 0.2) is 6.20 Å². The standard InChI is InChI=1S/C15H23ClN2O2S/c1-14(13-17-10-12(16)21-13)2-6-18(7-3-14)11-15(19)4-8-20-9-5-15/h10,19H,2-9,11H2,1H3. The van der Waals surface area contributed by atoms with Crippen LogP contribution < -0.4 is 0 Å². The summed E-state index contributed by atoms with van der Waals surface area (Å²) in [5, 5.41) is 11.8. The van der Waals surface area contributed by atoms with E-state index in [1.807, 2.05) is 0 Å². The number of hydrogen-bond acceptors (Lipinski definition) is 5. The highest BCUT2D eigenvalue weighted by atomic mass is 35.5. The molecule has 3 rings (SSSR count). The monoisotopic (exact) mass is 330 g/mol. The average molecular weight is 331 g/mol. The first-order valence-corrected chi connectivity index (χ1v) is 8.83. The van der Waals surface area contributed by atoms with E-state index in [0.29, 0.717) is 13.2 Å². The molecular weight excluding hydrogens is 308 g/mol. The highest BCUT2D eigenvalue weighted by Crippen LogP contribution is 2.38. The quantitative estimate of drug-likeness (QED) is 0.925. The lowest BCUT2D eigenvalue weighted by molar-refractivity contribution is -0.0835. The van der Waals surface area contributed by atoms with Crippen LogP contribution in [0, 0.1) is 0 Å². The Bertz CT molecular complexity index is 480. The van der Waals surface area contributed by atoms with Crippen molar-refractivity contribution in [3.63, 3.8) is 0 Å². The molecule has 1 N–H and O–H groups in total. The molecule has 1 aromatic rings. The fraction of sp³-hybridized carbons (Fsp3) is 0.800. The summed E-state index contributed by atoms with van der Waals surface area (Å²) in [6.07, 6.45) is 5.41. The van der Waals surface area contributed by atoms with Gasteiger partial charge in [-0.25, -0.2) is 4.98 Å². The number of aliphatic hydroxyl groups is 1. The Kier molecular flexibility index (Phi) is 4.58. The van der Waals surface area contributed by atoms with E-state index in [4.69, 9.17) is 16.3 Å². The number of ether oxygens (including phenoxy) is 1. The molecule has 6 heteroatoms. The zero-order valence-corrected chi connectivity index (χ0v) is 14.0. The number of piperidine rings is 1. The molecule has 3 heterocycles. The zero-order chi connectivity index (χ0) is 14.9. The average Bonchev–Trinajstić information content (AvgIpc) is 2.90. The van der Waals surface area contributed by atoms with Gasteiger partial charge in [0.1, 0.15) is 4.34 Å². The van der Waals surface area contributed by atoms with Crippen LogP contribution in [0.25, 0.3) is 0 Å². The fourth-order valence-electron chi connectivity index (χ4n) is 3.28. The predicted molar refractivity (Wildman–Crippen MR) is 85.2 cm³/mol. The van der Waals surface area contributed by atoms with Gasteiger partial charge in [0.2, 0.25) is 0 Å². The summed E-state index contributed by atoms with van der Waals surface area (Å²) >= 11 is 7.62. The lowest BCUT2D eigenvalue weighted by atomic mass is 9.80. The zero-order valence-electron chi connectivity index (χ0n) is 12.5. The fourth-order valence-corrected chi connectivity index (χ4v) is 4.39. The molecule has 2 fully saturated rings. The summed E-state index contributed by atoms with van der Waals surface area (Å²) < 4.78 is 6.12. The van der Waals surface area contributed by atoms with E-state index in [2.05, 4.69) is 16.8 Å². The van der Waals surface area contributed by atoms with E-state index >= 15 is 0 Å². The number of β-amino-alcohol motifs (C(OH)–C–C–N with tert-alkyl or cyclic N) is 1. The third-order valence-electron chi connectivity index (χ3n) is 4.89. The van der Waals surface area contributed by atoms with Gasteiger partial charge in [0.25, 0.3) is 0 Å². The summed E-state index contributed by atoms with van der Waals surface area (Å²) in [6.45, 7) is 6.43. The lowest BCUT2D eigenvalue weighted by Crippen LogP contribution is -2.50. The van der Waals surface area contributed by atoms with Crippen LogP contribution in [-0.4, -0.2) is 53.4 Å². The summed E-state index contributed by atoms with van der Waals surface area (Å²) in [6, 6.07) is 0. The topological polar surface area (TPSA) is 45.6 Å². The third kappa shape index (κ3) is 3.59. The van der Waals surface area contributed by atoms with Gasteiger partial charge in [-0.1, -0.05) is 18.5 Å². The van der Waals surface area contributed by atoms with E-state index in [9.17, 15) is 5.11 Å². The lowest BCUT2D eigenvalue weighted by Gasteiger charge is -2.42. The van der Waals surface area contributed by atoms with Gasteiger partial charge < -0.3 is 14.7 Å². The molecule has 0 radical (unpaired) electrons. The van der Waals surface area contributed by atoms with Crippen molar-refractivity contribution in [3.05, 3.63) is 15.5 Å². The number of hydrogen-bond donors (Lipinski definition) is 1. The Hall–Kier alpha value is -0.200. The molecule has 1 aromatic heterocycles.